The molecule has 0 spiro atoms. The lowest BCUT2D eigenvalue weighted by Crippen LogP contribution is -2.29. The van der Waals surface area contributed by atoms with Gasteiger partial charge in [0, 0.05) is 17.4 Å². The van der Waals surface area contributed by atoms with E-state index in [9.17, 15) is 14.7 Å². The van der Waals surface area contributed by atoms with Crippen molar-refractivity contribution >= 4 is 23.1 Å². The van der Waals surface area contributed by atoms with E-state index in [-0.39, 0.29) is 11.3 Å². The fourth-order valence-corrected chi connectivity index (χ4v) is 3.85. The van der Waals surface area contributed by atoms with E-state index in [4.69, 9.17) is 0 Å². The number of ketones is 1. The Morgan fingerprint density at radius 1 is 1.00 bits per heavy atom. The minimum Gasteiger partial charge on any atom is -0.507 e. The Morgan fingerprint density at radius 2 is 1.74 bits per heavy atom. The Bertz CT molecular complexity index is 1180. The van der Waals surface area contributed by atoms with Gasteiger partial charge < -0.3 is 5.11 Å². The van der Waals surface area contributed by atoms with Crippen LogP contribution in [0.15, 0.2) is 72.4 Å². The molecule has 3 aromatic rings. The highest BCUT2D eigenvalue weighted by Crippen LogP contribution is 2.41. The monoisotopic (exact) mass is 412 g/mol. The summed E-state index contributed by atoms with van der Waals surface area (Å²) in [6, 6.07) is 17.5. The van der Waals surface area contributed by atoms with Crippen LogP contribution in [0.5, 0.6) is 0 Å². The van der Waals surface area contributed by atoms with Crippen molar-refractivity contribution in [1.82, 2.24) is 4.98 Å². The number of carbonyl (C=O) groups excluding carboxylic acids is 2. The SMILES string of the molecule is CCc1ccc(N2C(=O)C(=O)/C(=C(\O)c3ccc(C)c(C)c3)C2c2ccccn2)cc1. The van der Waals surface area contributed by atoms with Crippen LogP contribution in [-0.4, -0.2) is 21.8 Å². The Hall–Kier alpha value is -3.73. The van der Waals surface area contributed by atoms with Gasteiger partial charge in [-0.15, -0.1) is 0 Å². The van der Waals surface area contributed by atoms with Gasteiger partial charge in [-0.25, -0.2) is 0 Å². The van der Waals surface area contributed by atoms with Crippen LogP contribution >= 0.6 is 0 Å². The first-order valence-corrected chi connectivity index (χ1v) is 10.3. The van der Waals surface area contributed by atoms with Crippen molar-refractivity contribution in [3.8, 4) is 0 Å². The van der Waals surface area contributed by atoms with Crippen molar-refractivity contribution in [3.05, 3.63) is 100 Å². The molecule has 1 amide bonds. The lowest BCUT2D eigenvalue weighted by Gasteiger charge is -2.24. The summed E-state index contributed by atoms with van der Waals surface area (Å²) in [7, 11) is 0. The van der Waals surface area contributed by atoms with Crippen LogP contribution in [0, 0.1) is 13.8 Å². The molecule has 1 aliphatic heterocycles. The van der Waals surface area contributed by atoms with Crippen LogP contribution in [0.2, 0.25) is 0 Å². The van der Waals surface area contributed by atoms with E-state index in [0.29, 0.717) is 16.9 Å². The summed E-state index contributed by atoms with van der Waals surface area (Å²) in [6.45, 7) is 5.97. The number of hydrogen-bond donors (Lipinski definition) is 1. The zero-order valence-electron chi connectivity index (χ0n) is 17.8. The number of pyridine rings is 1. The van der Waals surface area contributed by atoms with E-state index in [0.717, 1.165) is 23.1 Å². The van der Waals surface area contributed by atoms with Crippen molar-refractivity contribution in [2.24, 2.45) is 0 Å². The highest BCUT2D eigenvalue weighted by molar-refractivity contribution is 6.51. The Labute approximate surface area is 181 Å². The van der Waals surface area contributed by atoms with Crippen molar-refractivity contribution in [3.63, 3.8) is 0 Å². The van der Waals surface area contributed by atoms with Gasteiger partial charge in [0.15, 0.2) is 0 Å². The first-order chi connectivity index (χ1) is 14.9. The third-order valence-electron chi connectivity index (χ3n) is 5.82. The number of anilines is 1. The van der Waals surface area contributed by atoms with Crippen LogP contribution in [0.4, 0.5) is 5.69 Å². The van der Waals surface area contributed by atoms with Gasteiger partial charge in [-0.1, -0.05) is 37.3 Å². The number of carbonyl (C=O) groups is 2. The molecule has 1 atom stereocenters. The van der Waals surface area contributed by atoms with Gasteiger partial charge in [0.25, 0.3) is 11.7 Å². The topological polar surface area (TPSA) is 70.5 Å². The average Bonchev–Trinajstić information content (AvgIpc) is 3.06. The van der Waals surface area contributed by atoms with E-state index in [1.165, 1.54) is 4.90 Å². The van der Waals surface area contributed by atoms with Crippen LogP contribution in [0.1, 0.15) is 40.9 Å². The number of aromatic nitrogens is 1. The maximum atomic E-state index is 13.1. The predicted molar refractivity (Wildman–Crippen MR) is 121 cm³/mol. The molecule has 2 aromatic carbocycles. The van der Waals surface area contributed by atoms with Gasteiger partial charge in [-0.05, 0) is 67.3 Å². The lowest BCUT2D eigenvalue weighted by molar-refractivity contribution is -0.132. The van der Waals surface area contributed by atoms with Gasteiger partial charge in [-0.2, -0.15) is 0 Å². The molecule has 1 aromatic heterocycles. The molecule has 1 fully saturated rings. The lowest BCUT2D eigenvalue weighted by atomic mass is 9.96. The summed E-state index contributed by atoms with van der Waals surface area (Å²) < 4.78 is 0. The Morgan fingerprint density at radius 3 is 2.35 bits per heavy atom. The second kappa shape index (κ2) is 8.19. The molecule has 5 nitrogen and oxygen atoms in total. The third kappa shape index (κ3) is 3.63. The zero-order valence-corrected chi connectivity index (χ0v) is 17.8. The normalized spacial score (nSPS) is 17.9. The summed E-state index contributed by atoms with van der Waals surface area (Å²) >= 11 is 0. The largest absolute Gasteiger partial charge is 0.507 e. The van der Waals surface area contributed by atoms with Crippen molar-refractivity contribution in [2.45, 2.75) is 33.2 Å². The molecule has 1 saturated heterocycles. The van der Waals surface area contributed by atoms with Gasteiger partial charge in [0.05, 0.1) is 11.3 Å². The first kappa shape index (κ1) is 20.5. The number of nitrogens with zero attached hydrogens (tertiary/aromatic N) is 2. The molecule has 5 heteroatoms. The smallest absolute Gasteiger partial charge is 0.300 e. The maximum absolute atomic E-state index is 13.1. The van der Waals surface area contributed by atoms with Gasteiger partial charge in [0.2, 0.25) is 0 Å². The number of aryl methyl sites for hydroxylation is 3. The second-order valence-electron chi connectivity index (χ2n) is 7.74. The van der Waals surface area contributed by atoms with E-state index in [1.54, 1.807) is 30.5 Å². The molecule has 1 aliphatic rings. The Kier molecular flexibility index (Phi) is 5.42. The predicted octanol–water partition coefficient (Wildman–Crippen LogP) is 4.89. The fourth-order valence-electron chi connectivity index (χ4n) is 3.85. The molecule has 0 aliphatic carbocycles. The average molecular weight is 412 g/mol. The second-order valence-corrected chi connectivity index (χ2v) is 7.74. The van der Waals surface area contributed by atoms with Crippen molar-refractivity contribution in [1.29, 1.82) is 0 Å². The van der Waals surface area contributed by atoms with Crippen LogP contribution in [0.25, 0.3) is 5.76 Å². The highest BCUT2D eigenvalue weighted by Gasteiger charge is 2.47. The molecule has 1 N–H and O–H groups in total. The van der Waals surface area contributed by atoms with Gasteiger partial charge in [0.1, 0.15) is 11.8 Å². The third-order valence-corrected chi connectivity index (χ3v) is 5.82. The Balaban J connectivity index is 1.92. The molecule has 0 saturated carbocycles. The van der Waals surface area contributed by atoms with E-state index < -0.39 is 17.7 Å². The number of Topliss-reactive ketones (excluding diaryl/α,β-unsaturated/α-hetero) is 1. The number of amides is 1. The number of aliphatic hydroxyl groups excluding tert-OH is 1. The number of rotatable bonds is 4. The maximum Gasteiger partial charge on any atom is 0.300 e. The molecular formula is C26H24N2O3. The van der Waals surface area contributed by atoms with Crippen LogP contribution in [-0.2, 0) is 16.0 Å². The van der Waals surface area contributed by atoms with Gasteiger partial charge >= 0.3 is 0 Å². The van der Waals surface area contributed by atoms with Crippen LogP contribution in [0.3, 0.4) is 0 Å². The molecule has 1 unspecified atom stereocenters. The number of benzene rings is 2. The zero-order chi connectivity index (χ0) is 22.1. The molecule has 156 valence electrons. The number of aliphatic hydroxyl groups is 1. The minimum atomic E-state index is -0.810. The summed E-state index contributed by atoms with van der Waals surface area (Å²) in [5.41, 5.74) is 4.86. The first-order valence-electron chi connectivity index (χ1n) is 10.3. The van der Waals surface area contributed by atoms with E-state index in [1.807, 2.05) is 50.2 Å². The standard InChI is InChI=1S/C26H24N2O3/c1-4-18-9-12-20(13-10-18)28-23(21-7-5-6-14-27-21)22(25(30)26(28)31)24(29)19-11-8-16(2)17(3)15-19/h5-15,23,29H,4H2,1-3H3/b24-22-. The molecule has 0 radical (unpaired) electrons. The van der Waals surface area contributed by atoms with Crippen molar-refractivity contribution in [2.75, 3.05) is 4.90 Å². The highest BCUT2D eigenvalue weighted by atomic mass is 16.3. The van der Waals surface area contributed by atoms with E-state index in [2.05, 4.69) is 11.9 Å². The fraction of sp³-hybridized carbons (Fsp3) is 0.192. The quantitative estimate of drug-likeness (QED) is 0.376. The summed E-state index contributed by atoms with van der Waals surface area (Å²) in [5, 5.41) is 11.2. The molecule has 4 rings (SSSR count). The van der Waals surface area contributed by atoms with Gasteiger partial charge in [-0.3, -0.25) is 19.5 Å². The molecular weight excluding hydrogens is 388 g/mol. The van der Waals surface area contributed by atoms with E-state index >= 15 is 0 Å². The summed E-state index contributed by atoms with van der Waals surface area (Å²) in [6.07, 6.45) is 2.49. The number of hydrogen-bond acceptors (Lipinski definition) is 4. The van der Waals surface area contributed by atoms with Crippen LogP contribution < -0.4 is 4.90 Å². The molecule has 2 heterocycles. The molecule has 0 bridgehead atoms. The molecule has 31 heavy (non-hydrogen) atoms. The minimum absolute atomic E-state index is 0.0477. The summed E-state index contributed by atoms with van der Waals surface area (Å²) in [5.74, 6) is -1.58. The summed E-state index contributed by atoms with van der Waals surface area (Å²) in [4.78, 5) is 32.1. The van der Waals surface area contributed by atoms with Crippen molar-refractivity contribution < 1.29 is 14.7 Å².